The molecule has 0 saturated heterocycles. The Hall–Kier alpha value is -2.16. The van der Waals surface area contributed by atoms with Crippen LogP contribution in [0.4, 0.5) is 5.69 Å². The van der Waals surface area contributed by atoms with Gasteiger partial charge in [-0.15, -0.1) is 0 Å². The Labute approximate surface area is 133 Å². The van der Waals surface area contributed by atoms with Gasteiger partial charge < -0.3 is 14.8 Å². The minimum absolute atomic E-state index is 0.0797. The Morgan fingerprint density at radius 3 is 2.32 bits per heavy atom. The van der Waals surface area contributed by atoms with Gasteiger partial charge in [0.1, 0.15) is 17.6 Å². The third-order valence-corrected chi connectivity index (χ3v) is 3.55. The molecule has 0 heterocycles. The van der Waals surface area contributed by atoms with Crippen LogP contribution in [0.25, 0.3) is 0 Å². The maximum Gasteiger partial charge on any atom is 0.120 e. The van der Waals surface area contributed by atoms with E-state index in [1.165, 1.54) is 5.56 Å². The molecule has 0 fully saturated rings. The topological polar surface area (TPSA) is 30.5 Å². The molecule has 2 aromatic rings. The molecule has 0 aliphatic heterocycles. The lowest BCUT2D eigenvalue weighted by Crippen LogP contribution is -2.22. The van der Waals surface area contributed by atoms with Gasteiger partial charge in [-0.2, -0.15) is 0 Å². The van der Waals surface area contributed by atoms with Gasteiger partial charge in [-0.25, -0.2) is 0 Å². The average Bonchev–Trinajstić information content (AvgIpc) is 2.53. The summed E-state index contributed by atoms with van der Waals surface area (Å²) in [7, 11) is 1.67. The van der Waals surface area contributed by atoms with E-state index in [-0.39, 0.29) is 6.10 Å². The first-order valence-corrected chi connectivity index (χ1v) is 7.73. The summed E-state index contributed by atoms with van der Waals surface area (Å²) in [6, 6.07) is 16.2. The smallest absolute Gasteiger partial charge is 0.120 e. The van der Waals surface area contributed by atoms with Crippen LogP contribution in [0.2, 0.25) is 0 Å². The Bertz CT molecular complexity index is 578. The quantitative estimate of drug-likeness (QED) is 0.804. The first kappa shape index (κ1) is 16.2. The Balaban J connectivity index is 1.85. The highest BCUT2D eigenvalue weighted by Crippen LogP contribution is 2.20. The number of anilines is 1. The molecule has 2 rings (SSSR count). The van der Waals surface area contributed by atoms with Crippen molar-refractivity contribution in [3.63, 3.8) is 0 Å². The van der Waals surface area contributed by atoms with Crippen LogP contribution >= 0.6 is 0 Å². The van der Waals surface area contributed by atoms with E-state index in [4.69, 9.17) is 9.47 Å². The molecule has 0 aliphatic carbocycles. The summed E-state index contributed by atoms with van der Waals surface area (Å²) in [4.78, 5) is 0. The van der Waals surface area contributed by atoms with Gasteiger partial charge in [0.15, 0.2) is 0 Å². The van der Waals surface area contributed by atoms with E-state index in [1.54, 1.807) is 7.11 Å². The number of hydrogen-bond donors (Lipinski definition) is 1. The fraction of sp³-hybridized carbons (Fsp3) is 0.368. The first-order valence-electron chi connectivity index (χ1n) is 7.73. The fourth-order valence-electron chi connectivity index (χ4n) is 2.20. The minimum atomic E-state index is 0.0797. The Morgan fingerprint density at radius 2 is 1.68 bits per heavy atom. The molecular weight excluding hydrogens is 274 g/mol. The van der Waals surface area contributed by atoms with Crippen molar-refractivity contribution in [2.45, 2.75) is 32.8 Å². The van der Waals surface area contributed by atoms with Gasteiger partial charge in [0.05, 0.1) is 13.7 Å². The molecule has 0 saturated carbocycles. The van der Waals surface area contributed by atoms with Crippen LogP contribution < -0.4 is 14.8 Å². The number of ether oxygens (including phenoxy) is 2. The zero-order valence-electron chi connectivity index (χ0n) is 13.8. The molecule has 0 aliphatic rings. The summed E-state index contributed by atoms with van der Waals surface area (Å²) in [6.07, 6.45) is 0.0797. The van der Waals surface area contributed by atoms with Crippen molar-refractivity contribution >= 4 is 5.69 Å². The van der Waals surface area contributed by atoms with E-state index in [1.807, 2.05) is 36.4 Å². The van der Waals surface area contributed by atoms with Crippen molar-refractivity contribution < 1.29 is 9.47 Å². The molecule has 1 N–H and O–H groups in total. The fourth-order valence-corrected chi connectivity index (χ4v) is 2.20. The molecular formula is C19H25NO2. The second-order valence-electron chi connectivity index (χ2n) is 5.77. The highest BCUT2D eigenvalue weighted by atomic mass is 16.5. The molecule has 0 radical (unpaired) electrons. The molecule has 0 aromatic heterocycles. The zero-order valence-corrected chi connectivity index (χ0v) is 13.8. The lowest BCUT2D eigenvalue weighted by atomic mass is 10.0. The van der Waals surface area contributed by atoms with Crippen LogP contribution in [0.3, 0.4) is 0 Å². The lowest BCUT2D eigenvalue weighted by molar-refractivity contribution is 0.234. The van der Waals surface area contributed by atoms with Gasteiger partial charge in [-0.3, -0.25) is 0 Å². The monoisotopic (exact) mass is 299 g/mol. The van der Waals surface area contributed by atoms with Crippen LogP contribution in [-0.2, 0) is 0 Å². The predicted molar refractivity (Wildman–Crippen MR) is 92.1 cm³/mol. The van der Waals surface area contributed by atoms with E-state index < -0.39 is 0 Å². The molecule has 0 spiro atoms. The number of rotatable bonds is 7. The van der Waals surface area contributed by atoms with Gasteiger partial charge in [-0.1, -0.05) is 32.0 Å². The number of nitrogens with one attached hydrogen (secondary N) is 1. The Morgan fingerprint density at radius 1 is 0.955 bits per heavy atom. The summed E-state index contributed by atoms with van der Waals surface area (Å²) in [6.45, 7) is 7.18. The van der Waals surface area contributed by atoms with E-state index >= 15 is 0 Å². The van der Waals surface area contributed by atoms with Crippen LogP contribution in [0, 0.1) is 0 Å². The zero-order chi connectivity index (χ0) is 15.9. The maximum atomic E-state index is 5.93. The van der Waals surface area contributed by atoms with Gasteiger partial charge in [0, 0.05) is 11.8 Å². The number of methoxy groups -OCH3 is 1. The van der Waals surface area contributed by atoms with Crippen molar-refractivity contribution in [3.05, 3.63) is 54.1 Å². The average molecular weight is 299 g/mol. The van der Waals surface area contributed by atoms with Crippen LogP contribution in [0.15, 0.2) is 48.5 Å². The Kier molecular flexibility index (Phi) is 5.70. The summed E-state index contributed by atoms with van der Waals surface area (Å²) in [5.41, 5.74) is 2.36. The van der Waals surface area contributed by atoms with Gasteiger partial charge in [0.2, 0.25) is 0 Å². The third-order valence-electron chi connectivity index (χ3n) is 3.55. The molecule has 0 amide bonds. The maximum absolute atomic E-state index is 5.93. The highest BCUT2D eigenvalue weighted by Gasteiger charge is 2.05. The predicted octanol–water partition coefficient (Wildman–Crippen LogP) is 4.70. The number of hydrogen-bond acceptors (Lipinski definition) is 3. The van der Waals surface area contributed by atoms with Gasteiger partial charge in [0.25, 0.3) is 0 Å². The normalized spacial score (nSPS) is 12.0. The standard InChI is InChI=1S/C19H25NO2/c1-14(2)16-8-10-18(11-9-16)22-15(3)13-20-17-6-5-7-19(12-17)21-4/h5-12,14-15,20H,13H2,1-4H3. The summed E-state index contributed by atoms with van der Waals surface area (Å²) < 4.78 is 11.2. The second-order valence-corrected chi connectivity index (χ2v) is 5.77. The summed E-state index contributed by atoms with van der Waals surface area (Å²) in [5.74, 6) is 2.30. The SMILES string of the molecule is COc1cccc(NCC(C)Oc2ccc(C(C)C)cc2)c1. The van der Waals surface area contributed by atoms with Crippen molar-refractivity contribution in [2.75, 3.05) is 19.0 Å². The molecule has 0 bridgehead atoms. The van der Waals surface area contributed by atoms with Crippen LogP contribution in [0.5, 0.6) is 11.5 Å². The van der Waals surface area contributed by atoms with Crippen molar-refractivity contribution in [2.24, 2.45) is 0 Å². The van der Waals surface area contributed by atoms with Crippen molar-refractivity contribution in [3.8, 4) is 11.5 Å². The number of benzene rings is 2. The van der Waals surface area contributed by atoms with Crippen LogP contribution in [-0.4, -0.2) is 19.8 Å². The van der Waals surface area contributed by atoms with Crippen molar-refractivity contribution in [1.29, 1.82) is 0 Å². The molecule has 3 nitrogen and oxygen atoms in total. The molecule has 118 valence electrons. The summed E-state index contributed by atoms with van der Waals surface area (Å²) >= 11 is 0. The van der Waals surface area contributed by atoms with E-state index in [9.17, 15) is 0 Å². The van der Waals surface area contributed by atoms with Gasteiger partial charge in [-0.05, 0) is 42.7 Å². The minimum Gasteiger partial charge on any atom is -0.497 e. The van der Waals surface area contributed by atoms with Crippen LogP contribution in [0.1, 0.15) is 32.3 Å². The summed E-state index contributed by atoms with van der Waals surface area (Å²) in [5, 5.41) is 3.36. The highest BCUT2D eigenvalue weighted by molar-refractivity contribution is 5.48. The van der Waals surface area contributed by atoms with Gasteiger partial charge >= 0.3 is 0 Å². The largest absolute Gasteiger partial charge is 0.497 e. The molecule has 1 unspecified atom stereocenters. The second kappa shape index (κ2) is 7.74. The molecule has 22 heavy (non-hydrogen) atoms. The van der Waals surface area contributed by atoms with E-state index in [0.717, 1.165) is 23.7 Å². The first-order chi connectivity index (χ1) is 10.6. The van der Waals surface area contributed by atoms with E-state index in [0.29, 0.717) is 5.92 Å². The molecule has 1 atom stereocenters. The third kappa shape index (κ3) is 4.69. The molecule has 2 aromatic carbocycles. The molecule has 3 heteroatoms. The van der Waals surface area contributed by atoms with E-state index in [2.05, 4.69) is 38.2 Å². The van der Waals surface area contributed by atoms with Crippen molar-refractivity contribution in [1.82, 2.24) is 0 Å². The lowest BCUT2D eigenvalue weighted by Gasteiger charge is -2.17.